The van der Waals surface area contributed by atoms with Crippen molar-refractivity contribution >= 4 is 34.9 Å². The molecule has 0 heterocycles. The van der Waals surface area contributed by atoms with E-state index in [2.05, 4.69) is 10.6 Å². The van der Waals surface area contributed by atoms with E-state index in [0.717, 1.165) is 12.2 Å². The average molecular weight is 506 g/mol. The molecule has 0 spiro atoms. The molecule has 0 aromatic heterocycles. The Morgan fingerprint density at radius 3 is 2.25 bits per heavy atom. The van der Waals surface area contributed by atoms with Crippen LogP contribution in [0.3, 0.4) is 0 Å². The third-order valence-corrected chi connectivity index (χ3v) is 6.63. The van der Waals surface area contributed by atoms with Crippen LogP contribution in [0.2, 0.25) is 5.02 Å². The summed E-state index contributed by atoms with van der Waals surface area (Å²) in [6.07, 6.45) is 6.49. The second-order valence-electron chi connectivity index (χ2n) is 9.04. The first-order valence-electron chi connectivity index (χ1n) is 12.5. The van der Waals surface area contributed by atoms with Gasteiger partial charge in [-0.2, -0.15) is 0 Å². The number of halogens is 1. The maximum Gasteiger partial charge on any atom is 0.326 e. The van der Waals surface area contributed by atoms with Crippen LogP contribution in [0.1, 0.15) is 38.5 Å². The van der Waals surface area contributed by atoms with Crippen LogP contribution in [0, 0.1) is 5.92 Å². The lowest BCUT2D eigenvalue weighted by Gasteiger charge is -2.24. The standard InChI is InChI=1S/C29H32ClN3O3/c30-23-11-13-24(14-12-23)32-29(35)33(21-20-31-28(34)19-10-22-6-4-5-7-22)25-15-17-27(18-16-25)36-26-8-2-1-3-9-26/h1-3,8-9,11-18,22H,4-7,10,19-21H2,(H,31,34)(H,32,35). The Morgan fingerprint density at radius 1 is 0.889 bits per heavy atom. The minimum absolute atomic E-state index is 0.0339. The van der Waals surface area contributed by atoms with E-state index in [9.17, 15) is 9.59 Å². The zero-order chi connectivity index (χ0) is 25.2. The molecule has 1 aliphatic rings. The lowest BCUT2D eigenvalue weighted by atomic mass is 10.0. The third-order valence-electron chi connectivity index (χ3n) is 6.38. The first-order valence-corrected chi connectivity index (χ1v) is 12.9. The van der Waals surface area contributed by atoms with Crippen LogP contribution in [0.15, 0.2) is 78.9 Å². The minimum Gasteiger partial charge on any atom is -0.457 e. The Kier molecular flexibility index (Phi) is 9.22. The van der Waals surface area contributed by atoms with Crippen LogP contribution in [0.4, 0.5) is 16.2 Å². The fourth-order valence-corrected chi connectivity index (χ4v) is 4.55. The molecular formula is C29H32ClN3O3. The summed E-state index contributed by atoms with van der Waals surface area (Å²) in [7, 11) is 0. The molecule has 188 valence electrons. The number of ether oxygens (including phenoxy) is 1. The molecule has 3 aromatic carbocycles. The van der Waals surface area contributed by atoms with Gasteiger partial charge in [-0.25, -0.2) is 4.79 Å². The number of rotatable bonds is 10. The van der Waals surface area contributed by atoms with Crippen molar-refractivity contribution in [1.82, 2.24) is 5.32 Å². The van der Waals surface area contributed by atoms with Gasteiger partial charge < -0.3 is 15.4 Å². The molecule has 6 nitrogen and oxygen atoms in total. The predicted octanol–water partition coefficient (Wildman–Crippen LogP) is 7.26. The van der Waals surface area contributed by atoms with Gasteiger partial charge >= 0.3 is 6.03 Å². The maximum atomic E-state index is 13.2. The molecule has 0 bridgehead atoms. The Bertz CT molecular complexity index is 1110. The number of anilines is 2. The summed E-state index contributed by atoms with van der Waals surface area (Å²) in [6.45, 7) is 0.688. The molecule has 7 heteroatoms. The molecule has 1 fully saturated rings. The normalized spacial score (nSPS) is 13.2. The highest BCUT2D eigenvalue weighted by Crippen LogP contribution is 2.28. The lowest BCUT2D eigenvalue weighted by Crippen LogP contribution is -2.41. The molecule has 1 saturated carbocycles. The fraction of sp³-hybridized carbons (Fsp3) is 0.310. The Hall–Kier alpha value is -3.51. The van der Waals surface area contributed by atoms with Crippen molar-refractivity contribution in [3.8, 4) is 11.5 Å². The van der Waals surface area contributed by atoms with Gasteiger partial charge in [-0.15, -0.1) is 0 Å². The smallest absolute Gasteiger partial charge is 0.326 e. The summed E-state index contributed by atoms with van der Waals surface area (Å²) in [5.74, 6) is 2.12. The van der Waals surface area contributed by atoms with Crippen molar-refractivity contribution in [2.24, 2.45) is 5.92 Å². The van der Waals surface area contributed by atoms with Gasteiger partial charge in [0.1, 0.15) is 11.5 Å². The molecule has 0 aliphatic heterocycles. The van der Waals surface area contributed by atoms with Gasteiger partial charge in [-0.3, -0.25) is 9.69 Å². The topological polar surface area (TPSA) is 70.7 Å². The maximum absolute atomic E-state index is 13.2. The summed E-state index contributed by atoms with van der Waals surface area (Å²) in [4.78, 5) is 27.2. The second-order valence-corrected chi connectivity index (χ2v) is 9.47. The number of carbonyl (C=O) groups excluding carboxylic acids is 2. The zero-order valence-corrected chi connectivity index (χ0v) is 21.0. The summed E-state index contributed by atoms with van der Waals surface area (Å²) >= 11 is 5.97. The number of hydrogen-bond acceptors (Lipinski definition) is 3. The van der Waals surface area contributed by atoms with Crippen molar-refractivity contribution in [1.29, 1.82) is 0 Å². The van der Waals surface area contributed by atoms with Gasteiger partial charge in [-0.1, -0.05) is 55.5 Å². The van der Waals surface area contributed by atoms with Crippen LogP contribution in [-0.2, 0) is 4.79 Å². The summed E-state index contributed by atoms with van der Waals surface area (Å²) < 4.78 is 5.87. The molecule has 36 heavy (non-hydrogen) atoms. The summed E-state index contributed by atoms with van der Waals surface area (Å²) in [6, 6.07) is 23.5. The highest BCUT2D eigenvalue weighted by Gasteiger charge is 2.18. The molecule has 0 atom stereocenters. The van der Waals surface area contributed by atoms with E-state index >= 15 is 0 Å². The van der Waals surface area contributed by atoms with E-state index in [4.69, 9.17) is 16.3 Å². The Morgan fingerprint density at radius 2 is 1.56 bits per heavy atom. The lowest BCUT2D eigenvalue weighted by molar-refractivity contribution is -0.121. The highest BCUT2D eigenvalue weighted by atomic mass is 35.5. The number of amides is 3. The summed E-state index contributed by atoms with van der Waals surface area (Å²) in [5, 5.41) is 6.48. The molecular weight excluding hydrogens is 474 g/mol. The fourth-order valence-electron chi connectivity index (χ4n) is 4.42. The molecule has 3 amide bonds. The van der Waals surface area contributed by atoms with Crippen molar-refractivity contribution < 1.29 is 14.3 Å². The molecule has 0 radical (unpaired) electrons. The molecule has 2 N–H and O–H groups in total. The minimum atomic E-state index is -0.297. The molecule has 0 unspecified atom stereocenters. The van der Waals surface area contributed by atoms with Gasteiger partial charge in [0.15, 0.2) is 0 Å². The van der Waals surface area contributed by atoms with Crippen molar-refractivity contribution in [2.75, 3.05) is 23.3 Å². The van der Waals surface area contributed by atoms with E-state index in [-0.39, 0.29) is 11.9 Å². The van der Waals surface area contributed by atoms with Gasteiger partial charge in [0, 0.05) is 35.9 Å². The molecule has 4 rings (SSSR count). The first-order chi connectivity index (χ1) is 17.6. The number of hydrogen-bond donors (Lipinski definition) is 2. The number of urea groups is 1. The summed E-state index contributed by atoms with van der Waals surface area (Å²) in [5.41, 5.74) is 1.33. The average Bonchev–Trinajstić information content (AvgIpc) is 3.42. The van der Waals surface area contributed by atoms with Crippen molar-refractivity contribution in [3.05, 3.63) is 83.9 Å². The monoisotopic (exact) mass is 505 g/mol. The third kappa shape index (κ3) is 7.75. The predicted molar refractivity (Wildman–Crippen MR) is 145 cm³/mol. The van der Waals surface area contributed by atoms with Crippen molar-refractivity contribution in [3.63, 3.8) is 0 Å². The van der Waals surface area contributed by atoms with Crippen LogP contribution >= 0.6 is 11.6 Å². The zero-order valence-electron chi connectivity index (χ0n) is 20.3. The van der Waals surface area contributed by atoms with E-state index in [0.29, 0.717) is 47.6 Å². The second kappa shape index (κ2) is 13.0. The van der Waals surface area contributed by atoms with Crippen LogP contribution in [-0.4, -0.2) is 25.0 Å². The SMILES string of the molecule is O=C(CCC1CCCC1)NCCN(C(=O)Nc1ccc(Cl)cc1)c1ccc(Oc2ccccc2)cc1. The molecule has 1 aliphatic carbocycles. The van der Waals surface area contributed by atoms with Gasteiger partial charge in [-0.05, 0) is 73.0 Å². The largest absolute Gasteiger partial charge is 0.457 e. The first kappa shape index (κ1) is 25.6. The number of para-hydroxylation sites is 1. The van der Waals surface area contributed by atoms with E-state index in [1.807, 2.05) is 54.6 Å². The van der Waals surface area contributed by atoms with Crippen molar-refractivity contribution in [2.45, 2.75) is 38.5 Å². The van der Waals surface area contributed by atoms with Crippen LogP contribution in [0.25, 0.3) is 0 Å². The number of nitrogens with zero attached hydrogens (tertiary/aromatic N) is 1. The molecule has 0 saturated heterocycles. The van der Waals surface area contributed by atoms with E-state index < -0.39 is 0 Å². The molecule has 3 aromatic rings. The van der Waals surface area contributed by atoms with E-state index in [1.54, 1.807) is 29.2 Å². The van der Waals surface area contributed by atoms with Gasteiger partial charge in [0.05, 0.1) is 0 Å². The van der Waals surface area contributed by atoms with Gasteiger partial charge in [0.25, 0.3) is 0 Å². The van der Waals surface area contributed by atoms with Crippen LogP contribution < -0.4 is 20.3 Å². The number of benzene rings is 3. The number of carbonyl (C=O) groups is 2. The quantitative estimate of drug-likeness (QED) is 0.304. The Balaban J connectivity index is 1.38. The van der Waals surface area contributed by atoms with E-state index in [1.165, 1.54) is 25.7 Å². The Labute approximate surface area is 217 Å². The van der Waals surface area contributed by atoms with Crippen LogP contribution in [0.5, 0.6) is 11.5 Å². The van der Waals surface area contributed by atoms with Gasteiger partial charge in [0.2, 0.25) is 5.91 Å². The number of nitrogens with one attached hydrogen (secondary N) is 2. The highest BCUT2D eigenvalue weighted by molar-refractivity contribution is 6.30.